The van der Waals surface area contributed by atoms with E-state index in [-0.39, 0.29) is 43.5 Å². The van der Waals surface area contributed by atoms with Gasteiger partial charge in [-0.15, -0.1) is 0 Å². The van der Waals surface area contributed by atoms with Crippen LogP contribution in [0.4, 0.5) is 13.6 Å². The molecule has 2 aliphatic rings. The predicted molar refractivity (Wildman–Crippen MR) is 113 cm³/mol. The lowest BCUT2D eigenvalue weighted by molar-refractivity contribution is -0.148. The zero-order valence-corrected chi connectivity index (χ0v) is 18.7. The molecule has 2 bridgehead atoms. The number of carbonyl (C=O) groups excluding carboxylic acids is 2. The third-order valence-electron chi connectivity index (χ3n) is 6.04. The predicted octanol–water partition coefficient (Wildman–Crippen LogP) is 3.19. The number of rotatable bonds is 6. The molecule has 2 aliphatic heterocycles. The van der Waals surface area contributed by atoms with Crippen molar-refractivity contribution in [2.24, 2.45) is 0 Å². The van der Waals surface area contributed by atoms with Gasteiger partial charge in [0.25, 0.3) is 5.91 Å². The molecular weight excluding hydrogens is 422 g/mol. The lowest BCUT2D eigenvalue weighted by Crippen LogP contribution is -2.59. The van der Waals surface area contributed by atoms with Gasteiger partial charge in [-0.2, -0.15) is 0 Å². The number of halogens is 2. The fraction of sp³-hybridized carbons (Fsp3) is 0.652. The van der Waals surface area contributed by atoms with E-state index in [2.05, 4.69) is 5.32 Å². The Bertz CT molecular complexity index is 823. The normalized spacial score (nSPS) is 26.0. The van der Waals surface area contributed by atoms with Crippen LogP contribution < -0.4 is 5.32 Å². The standard InChI is InChI=1S/C23H32F2N2O5/c1-22(2,3)32-21(30)27-17-6-7-18(27)13-23(31,12-17)20(29)26-19(5-4-8-28)14-9-15(24)11-16(25)10-14/h9-11,17-19,28,31H,4-8,12-13H2,1-3H3,(H,26,29)/t17?,18?,19-,23?/m0/s1. The molecule has 0 aromatic heterocycles. The van der Waals surface area contributed by atoms with E-state index in [9.17, 15) is 28.6 Å². The molecule has 32 heavy (non-hydrogen) atoms. The number of hydrogen-bond acceptors (Lipinski definition) is 5. The number of piperidine rings is 1. The Balaban J connectivity index is 1.74. The summed E-state index contributed by atoms with van der Waals surface area (Å²) in [5.41, 5.74) is -2.14. The van der Waals surface area contributed by atoms with Crippen molar-refractivity contribution < 1.29 is 33.3 Å². The van der Waals surface area contributed by atoms with Gasteiger partial charge in [0, 0.05) is 37.6 Å². The molecule has 2 saturated heterocycles. The minimum atomic E-state index is -1.71. The first-order chi connectivity index (χ1) is 14.9. The van der Waals surface area contributed by atoms with Crippen molar-refractivity contribution in [1.82, 2.24) is 10.2 Å². The van der Waals surface area contributed by atoms with Crippen molar-refractivity contribution in [2.45, 2.75) is 88.6 Å². The SMILES string of the molecule is CC(C)(C)OC(=O)N1C2CCC1CC(O)(C(=O)N[C@@H](CCCO)c1cc(F)cc(F)c1)C2. The highest BCUT2D eigenvalue weighted by Crippen LogP contribution is 2.42. The first-order valence-electron chi connectivity index (χ1n) is 11.0. The van der Waals surface area contributed by atoms with E-state index in [4.69, 9.17) is 4.74 Å². The number of amides is 2. The van der Waals surface area contributed by atoms with Gasteiger partial charge in [0.15, 0.2) is 0 Å². The Hall–Kier alpha value is -2.26. The smallest absolute Gasteiger partial charge is 0.410 e. The highest BCUT2D eigenvalue weighted by Gasteiger charge is 2.53. The van der Waals surface area contributed by atoms with Gasteiger partial charge in [-0.3, -0.25) is 4.79 Å². The van der Waals surface area contributed by atoms with Crippen LogP contribution in [0.15, 0.2) is 18.2 Å². The van der Waals surface area contributed by atoms with Gasteiger partial charge in [0.2, 0.25) is 0 Å². The second-order valence-electron chi connectivity index (χ2n) is 9.81. The number of ether oxygens (including phenoxy) is 1. The molecule has 2 heterocycles. The molecule has 7 nitrogen and oxygen atoms in total. The van der Waals surface area contributed by atoms with Crippen LogP contribution in [-0.4, -0.2) is 57.0 Å². The van der Waals surface area contributed by atoms with Crippen LogP contribution in [0, 0.1) is 11.6 Å². The van der Waals surface area contributed by atoms with Crippen molar-refractivity contribution >= 4 is 12.0 Å². The Labute approximate surface area is 186 Å². The molecule has 3 atom stereocenters. The lowest BCUT2D eigenvalue weighted by atomic mass is 9.85. The quantitative estimate of drug-likeness (QED) is 0.613. The monoisotopic (exact) mass is 454 g/mol. The van der Waals surface area contributed by atoms with Crippen LogP contribution in [0.25, 0.3) is 0 Å². The first kappa shape index (κ1) is 24.4. The largest absolute Gasteiger partial charge is 0.444 e. The van der Waals surface area contributed by atoms with E-state index in [1.807, 2.05) is 0 Å². The van der Waals surface area contributed by atoms with Gasteiger partial charge in [-0.1, -0.05) is 0 Å². The molecule has 178 valence electrons. The summed E-state index contributed by atoms with van der Waals surface area (Å²) in [6.45, 7) is 5.19. The molecule has 2 unspecified atom stereocenters. The number of nitrogens with zero attached hydrogens (tertiary/aromatic N) is 1. The van der Waals surface area contributed by atoms with E-state index >= 15 is 0 Å². The van der Waals surface area contributed by atoms with E-state index in [0.717, 1.165) is 18.2 Å². The number of aliphatic hydroxyl groups is 2. The Kier molecular flexibility index (Phi) is 7.09. The Morgan fingerprint density at radius 2 is 1.75 bits per heavy atom. The minimum Gasteiger partial charge on any atom is -0.444 e. The van der Waals surface area contributed by atoms with Crippen LogP contribution in [-0.2, 0) is 9.53 Å². The number of fused-ring (bicyclic) bond motifs is 2. The molecule has 0 saturated carbocycles. The van der Waals surface area contributed by atoms with Crippen LogP contribution in [0.2, 0.25) is 0 Å². The number of benzene rings is 1. The molecule has 3 N–H and O–H groups in total. The number of carbonyl (C=O) groups is 2. The van der Waals surface area contributed by atoms with Crippen molar-refractivity contribution in [3.05, 3.63) is 35.4 Å². The molecule has 0 aliphatic carbocycles. The second kappa shape index (κ2) is 9.31. The molecule has 0 spiro atoms. The van der Waals surface area contributed by atoms with Crippen molar-refractivity contribution in [2.75, 3.05) is 6.61 Å². The molecular formula is C23H32F2N2O5. The maximum absolute atomic E-state index is 13.7. The van der Waals surface area contributed by atoms with Gasteiger partial charge >= 0.3 is 6.09 Å². The third kappa shape index (κ3) is 5.56. The number of nitrogens with one attached hydrogen (secondary N) is 1. The van der Waals surface area contributed by atoms with E-state index in [1.165, 1.54) is 0 Å². The van der Waals surface area contributed by atoms with Gasteiger partial charge in [0.1, 0.15) is 22.8 Å². The maximum Gasteiger partial charge on any atom is 0.410 e. The average molecular weight is 455 g/mol. The number of aliphatic hydroxyl groups excluding tert-OH is 1. The average Bonchev–Trinajstić information content (AvgIpc) is 2.95. The van der Waals surface area contributed by atoms with Crippen molar-refractivity contribution in [3.8, 4) is 0 Å². The minimum absolute atomic E-state index is 0.0544. The first-order valence-corrected chi connectivity index (χ1v) is 11.0. The highest BCUT2D eigenvalue weighted by atomic mass is 19.1. The molecule has 3 rings (SSSR count). The molecule has 0 radical (unpaired) electrons. The topological polar surface area (TPSA) is 99.1 Å². The third-order valence-corrected chi connectivity index (χ3v) is 6.04. The fourth-order valence-corrected chi connectivity index (χ4v) is 4.71. The van der Waals surface area contributed by atoms with Crippen LogP contribution in [0.5, 0.6) is 0 Å². The van der Waals surface area contributed by atoms with Gasteiger partial charge < -0.3 is 25.2 Å². The maximum atomic E-state index is 13.7. The molecule has 2 fully saturated rings. The summed E-state index contributed by atoms with van der Waals surface area (Å²) in [7, 11) is 0. The zero-order valence-electron chi connectivity index (χ0n) is 18.7. The van der Waals surface area contributed by atoms with Crippen LogP contribution in [0.3, 0.4) is 0 Å². The Morgan fingerprint density at radius 1 is 1.19 bits per heavy atom. The van der Waals surface area contributed by atoms with Gasteiger partial charge in [-0.05, 0) is 64.2 Å². The lowest BCUT2D eigenvalue weighted by Gasteiger charge is -2.43. The fourth-order valence-electron chi connectivity index (χ4n) is 4.71. The second-order valence-corrected chi connectivity index (χ2v) is 9.81. The van der Waals surface area contributed by atoms with Crippen LogP contribution >= 0.6 is 0 Å². The van der Waals surface area contributed by atoms with Gasteiger partial charge in [-0.25, -0.2) is 13.6 Å². The van der Waals surface area contributed by atoms with E-state index in [0.29, 0.717) is 19.3 Å². The summed E-state index contributed by atoms with van der Waals surface area (Å²) in [5.74, 6) is -2.19. The summed E-state index contributed by atoms with van der Waals surface area (Å²) in [6.07, 6.45) is 1.52. The molecule has 1 aromatic rings. The number of hydrogen-bond donors (Lipinski definition) is 3. The molecule has 9 heteroatoms. The van der Waals surface area contributed by atoms with E-state index < -0.39 is 40.9 Å². The molecule has 2 amide bonds. The zero-order chi connectivity index (χ0) is 23.7. The molecule has 1 aromatic carbocycles. The summed E-state index contributed by atoms with van der Waals surface area (Å²) in [6, 6.07) is 1.56. The van der Waals surface area contributed by atoms with Crippen molar-refractivity contribution in [3.63, 3.8) is 0 Å². The van der Waals surface area contributed by atoms with E-state index in [1.54, 1.807) is 25.7 Å². The highest BCUT2D eigenvalue weighted by molar-refractivity contribution is 5.86. The summed E-state index contributed by atoms with van der Waals surface area (Å²) >= 11 is 0. The summed E-state index contributed by atoms with van der Waals surface area (Å²) in [4.78, 5) is 27.4. The van der Waals surface area contributed by atoms with Gasteiger partial charge in [0.05, 0.1) is 6.04 Å². The Morgan fingerprint density at radius 3 is 2.25 bits per heavy atom. The summed E-state index contributed by atoms with van der Waals surface area (Å²) < 4.78 is 32.9. The summed E-state index contributed by atoms with van der Waals surface area (Å²) in [5, 5.41) is 23.1. The van der Waals surface area contributed by atoms with Crippen molar-refractivity contribution in [1.29, 1.82) is 0 Å². The van der Waals surface area contributed by atoms with Crippen LogP contribution in [0.1, 0.15) is 70.9 Å².